The molecule has 0 bridgehead atoms. The van der Waals surface area contributed by atoms with Gasteiger partial charge >= 0.3 is 0 Å². The zero-order valence-electron chi connectivity index (χ0n) is 26.0. The van der Waals surface area contributed by atoms with Crippen LogP contribution in [0.5, 0.6) is 0 Å². The maximum absolute atomic E-state index is 12.7. The molecule has 10 nitrogen and oxygen atoms in total. The van der Waals surface area contributed by atoms with Crippen molar-refractivity contribution < 1.29 is 4.79 Å². The van der Waals surface area contributed by atoms with Crippen molar-refractivity contribution in [3.63, 3.8) is 0 Å². The molecule has 5 aromatic rings. The number of piperidine rings is 1. The van der Waals surface area contributed by atoms with Crippen LogP contribution in [0.3, 0.4) is 0 Å². The van der Waals surface area contributed by atoms with Crippen molar-refractivity contribution in [3.05, 3.63) is 90.4 Å². The molecule has 3 N–H and O–H groups in total. The van der Waals surface area contributed by atoms with Crippen LogP contribution in [0.4, 0.5) is 5.82 Å². The largest absolute Gasteiger partial charge is 0.383 e. The van der Waals surface area contributed by atoms with Gasteiger partial charge in [0.1, 0.15) is 11.3 Å². The molecular formula is C35H39N9O. The van der Waals surface area contributed by atoms with Crippen LogP contribution in [0.25, 0.3) is 34.1 Å². The molecule has 0 radical (unpaired) electrons. The number of fused-ring (bicyclic) bond motifs is 2. The average Bonchev–Trinajstić information content (AvgIpc) is 3.79. The number of rotatable bonds is 6. The van der Waals surface area contributed by atoms with E-state index >= 15 is 0 Å². The minimum absolute atomic E-state index is 0.00361. The van der Waals surface area contributed by atoms with Gasteiger partial charge in [0.05, 0.1) is 5.56 Å². The molecule has 1 aliphatic carbocycles. The zero-order valence-corrected chi connectivity index (χ0v) is 26.0. The Morgan fingerprint density at radius 1 is 1.02 bits per heavy atom. The number of carbonyl (C=O) groups excluding carboxylic acids is 1. The first kappa shape index (κ1) is 28.9. The quantitative estimate of drug-likeness (QED) is 0.249. The first-order valence-electron chi connectivity index (χ1n) is 15.7. The van der Waals surface area contributed by atoms with Crippen LogP contribution in [-0.4, -0.2) is 59.2 Å². The topological polar surface area (TPSA) is 120 Å². The van der Waals surface area contributed by atoms with E-state index in [9.17, 15) is 4.79 Å². The number of imidazole rings is 1. The fourth-order valence-electron chi connectivity index (χ4n) is 6.40. The normalized spacial score (nSPS) is 17.4. The van der Waals surface area contributed by atoms with Gasteiger partial charge in [0.25, 0.3) is 0 Å². The van der Waals surface area contributed by atoms with E-state index in [1.165, 1.54) is 11.1 Å². The van der Waals surface area contributed by atoms with Crippen LogP contribution in [0.2, 0.25) is 0 Å². The number of nitrogen functional groups attached to an aromatic ring is 1. The summed E-state index contributed by atoms with van der Waals surface area (Å²) >= 11 is 0. The summed E-state index contributed by atoms with van der Waals surface area (Å²) in [5, 5.41) is 8.29. The van der Waals surface area contributed by atoms with E-state index in [1.807, 2.05) is 47.5 Å². The number of carbonyl (C=O) groups is 1. The summed E-state index contributed by atoms with van der Waals surface area (Å²) in [7, 11) is 0. The van der Waals surface area contributed by atoms with Gasteiger partial charge < -0.3 is 16.0 Å². The van der Waals surface area contributed by atoms with E-state index in [1.54, 1.807) is 23.2 Å². The van der Waals surface area contributed by atoms with E-state index in [4.69, 9.17) is 15.7 Å². The lowest BCUT2D eigenvalue weighted by Gasteiger charge is -2.33. The fourth-order valence-corrected chi connectivity index (χ4v) is 6.40. The van der Waals surface area contributed by atoms with Crippen LogP contribution in [0.1, 0.15) is 57.2 Å². The molecular weight excluding hydrogens is 562 g/mol. The minimum Gasteiger partial charge on any atom is -0.383 e. The second-order valence-electron chi connectivity index (χ2n) is 13.1. The predicted octanol–water partition coefficient (Wildman–Crippen LogP) is 5.42. The number of nitrogens with one attached hydrogen (secondary N) is 1. The van der Waals surface area contributed by atoms with E-state index in [-0.39, 0.29) is 11.3 Å². The van der Waals surface area contributed by atoms with Gasteiger partial charge in [0.15, 0.2) is 17.3 Å². The number of nitrogens with zero attached hydrogens (tertiary/aromatic N) is 7. The first-order chi connectivity index (χ1) is 21.7. The van der Waals surface area contributed by atoms with Crippen molar-refractivity contribution in [1.29, 1.82) is 0 Å². The molecule has 230 valence electrons. The number of allylic oxidation sites excluding steroid dienone is 1. The van der Waals surface area contributed by atoms with Crippen molar-refractivity contribution in [2.45, 2.75) is 58.5 Å². The molecule has 1 aromatic carbocycles. The van der Waals surface area contributed by atoms with E-state index in [0.717, 1.165) is 61.2 Å². The van der Waals surface area contributed by atoms with Crippen LogP contribution >= 0.6 is 0 Å². The molecule has 2 aliphatic rings. The van der Waals surface area contributed by atoms with Crippen molar-refractivity contribution in [1.82, 2.24) is 39.5 Å². The molecule has 1 saturated heterocycles. The molecule has 10 heteroatoms. The fraction of sp³-hybridized carbons (Fsp3) is 0.343. The summed E-state index contributed by atoms with van der Waals surface area (Å²) in [6.07, 6.45) is 13.0. The third-order valence-corrected chi connectivity index (χ3v) is 8.74. The molecule has 1 amide bonds. The van der Waals surface area contributed by atoms with E-state index in [2.05, 4.69) is 58.9 Å². The number of likely N-dealkylation sites (tertiary alicyclic amines) is 1. The number of benzene rings is 1. The van der Waals surface area contributed by atoms with Gasteiger partial charge in [-0.1, -0.05) is 32.9 Å². The summed E-state index contributed by atoms with van der Waals surface area (Å²) in [5.74, 6) is 1.95. The number of anilines is 1. The van der Waals surface area contributed by atoms with Gasteiger partial charge in [-0.3, -0.25) is 9.36 Å². The molecule has 45 heavy (non-hydrogen) atoms. The molecule has 7 rings (SSSR count). The lowest BCUT2D eigenvalue weighted by atomic mass is 9.96. The lowest BCUT2D eigenvalue weighted by molar-refractivity contribution is -0.127. The van der Waals surface area contributed by atoms with Crippen molar-refractivity contribution in [2.24, 2.45) is 5.41 Å². The molecule has 1 unspecified atom stereocenters. The van der Waals surface area contributed by atoms with Crippen molar-refractivity contribution >= 4 is 22.9 Å². The summed E-state index contributed by atoms with van der Waals surface area (Å²) in [6.45, 7) is 7.89. The Labute approximate surface area is 263 Å². The highest BCUT2D eigenvalue weighted by Gasteiger charge is 2.29. The second kappa shape index (κ2) is 11.6. The number of hydrogen-bond acceptors (Lipinski definition) is 7. The minimum atomic E-state index is 0.00361. The molecule has 1 atom stereocenters. The smallest absolute Gasteiger partial charge is 0.246 e. The molecule has 0 saturated carbocycles. The lowest BCUT2D eigenvalue weighted by Crippen LogP contribution is -2.45. The third-order valence-electron chi connectivity index (χ3n) is 8.74. The standard InChI is InChI=1S/C35H39N9O/c1-35(2,3)16-13-31(45)42-20-14-24(15-21-42)39-28-10-7-23-22-25(8-9-26(23)28)44-33(27-6-4-17-37-32(27)36)40-29-11-12-30(41-34(29)44)43-19-5-18-38-43/h4-6,8-9,11-13,16-19,22,24,28,39H,7,10,14-15,20-21H2,1-3H3,(H2,36,37)/b16-13+. The Morgan fingerprint density at radius 3 is 2.62 bits per heavy atom. The molecule has 1 aliphatic heterocycles. The third kappa shape index (κ3) is 5.85. The number of aromatic nitrogens is 6. The summed E-state index contributed by atoms with van der Waals surface area (Å²) < 4.78 is 3.83. The first-order valence-corrected chi connectivity index (χ1v) is 15.7. The highest BCUT2D eigenvalue weighted by atomic mass is 16.2. The monoisotopic (exact) mass is 601 g/mol. The highest BCUT2D eigenvalue weighted by Crippen LogP contribution is 2.36. The predicted molar refractivity (Wildman–Crippen MR) is 176 cm³/mol. The highest BCUT2D eigenvalue weighted by molar-refractivity contribution is 5.87. The molecule has 4 aromatic heterocycles. The van der Waals surface area contributed by atoms with Gasteiger partial charge in [-0.2, -0.15) is 5.10 Å². The van der Waals surface area contributed by atoms with Gasteiger partial charge in [-0.05, 0) is 90.8 Å². The molecule has 1 fully saturated rings. The van der Waals surface area contributed by atoms with Crippen molar-refractivity contribution in [2.75, 3.05) is 18.8 Å². The Bertz CT molecular complexity index is 1880. The summed E-state index contributed by atoms with van der Waals surface area (Å²) in [4.78, 5) is 29.0. The van der Waals surface area contributed by atoms with Gasteiger partial charge in [-0.25, -0.2) is 19.6 Å². The van der Waals surface area contributed by atoms with Gasteiger partial charge in [0, 0.05) is 49.5 Å². The molecule has 0 spiro atoms. The Kier molecular flexibility index (Phi) is 7.45. The zero-order chi connectivity index (χ0) is 31.1. The van der Waals surface area contributed by atoms with Gasteiger partial charge in [0.2, 0.25) is 5.91 Å². The number of pyridine rings is 2. The van der Waals surface area contributed by atoms with Crippen LogP contribution < -0.4 is 11.1 Å². The SMILES string of the molecule is CC(C)(C)/C=C/C(=O)N1CCC(NC2CCc3cc(-n4c(-c5cccnc5N)nc5ccc(-n6cccn6)nc54)ccc32)CC1. The van der Waals surface area contributed by atoms with Crippen LogP contribution in [-0.2, 0) is 11.2 Å². The number of amides is 1. The summed E-state index contributed by atoms with van der Waals surface area (Å²) in [5.41, 5.74) is 12.2. The summed E-state index contributed by atoms with van der Waals surface area (Å²) in [6, 6.07) is 16.9. The average molecular weight is 602 g/mol. The number of aryl methyl sites for hydroxylation is 1. The second-order valence-corrected chi connectivity index (χ2v) is 13.1. The van der Waals surface area contributed by atoms with E-state index in [0.29, 0.717) is 29.5 Å². The van der Waals surface area contributed by atoms with Crippen LogP contribution in [0.15, 0.2) is 79.3 Å². The number of nitrogens with two attached hydrogens (primary N) is 1. The van der Waals surface area contributed by atoms with E-state index < -0.39 is 0 Å². The molecule has 5 heterocycles. The Hall–Kier alpha value is -4.83. The maximum atomic E-state index is 12.7. The maximum Gasteiger partial charge on any atom is 0.246 e. The van der Waals surface area contributed by atoms with Crippen molar-refractivity contribution in [3.8, 4) is 22.9 Å². The number of hydrogen-bond donors (Lipinski definition) is 2. The van der Waals surface area contributed by atoms with Crippen LogP contribution in [0, 0.1) is 5.41 Å². The Balaban J connectivity index is 1.15. The Morgan fingerprint density at radius 2 is 1.87 bits per heavy atom. The van der Waals surface area contributed by atoms with Gasteiger partial charge in [-0.15, -0.1) is 0 Å².